The zero-order valence-electron chi connectivity index (χ0n) is 17.5. The molecule has 2 saturated heterocycles. The van der Waals surface area contributed by atoms with E-state index in [4.69, 9.17) is 0 Å². The summed E-state index contributed by atoms with van der Waals surface area (Å²) < 4.78 is 0. The molecule has 0 aromatic rings. The van der Waals surface area contributed by atoms with E-state index in [1.807, 2.05) is 0 Å². The second-order valence-corrected chi connectivity index (χ2v) is 9.17. The molecule has 28 heavy (non-hydrogen) atoms. The van der Waals surface area contributed by atoms with Gasteiger partial charge in [-0.1, -0.05) is 27.2 Å². The van der Waals surface area contributed by atoms with Gasteiger partial charge in [-0.05, 0) is 50.0 Å². The van der Waals surface area contributed by atoms with E-state index in [1.54, 1.807) is 11.9 Å². The third kappa shape index (κ3) is 4.15. The maximum atomic E-state index is 13.1. The maximum Gasteiger partial charge on any atom is 0.325 e. The van der Waals surface area contributed by atoms with Crippen molar-refractivity contribution >= 4 is 30.3 Å². The number of urea groups is 1. The molecule has 0 radical (unpaired) electrons. The highest BCUT2D eigenvalue weighted by Crippen LogP contribution is 2.45. The third-order valence-electron chi connectivity index (χ3n) is 7.37. The van der Waals surface area contributed by atoms with Crippen LogP contribution in [0.4, 0.5) is 4.79 Å². The van der Waals surface area contributed by atoms with Gasteiger partial charge < -0.3 is 15.5 Å². The fraction of sp³-hybridized carbons (Fsp3) is 0.850. The summed E-state index contributed by atoms with van der Waals surface area (Å²) in [5, 5.41) is 6.16. The first-order chi connectivity index (χ1) is 12.7. The fourth-order valence-corrected chi connectivity index (χ4v) is 4.76. The number of carbonyl (C=O) groups is 3. The van der Waals surface area contributed by atoms with Gasteiger partial charge in [0, 0.05) is 19.6 Å². The van der Waals surface area contributed by atoms with Gasteiger partial charge in [-0.15, -0.1) is 12.4 Å². The maximum absolute atomic E-state index is 13.1. The Labute approximate surface area is 174 Å². The molecule has 2 aliphatic heterocycles. The molecule has 160 valence electrons. The van der Waals surface area contributed by atoms with E-state index in [0.29, 0.717) is 18.8 Å². The lowest BCUT2D eigenvalue weighted by Gasteiger charge is -2.42. The molecular weight excluding hydrogens is 380 g/mol. The van der Waals surface area contributed by atoms with Gasteiger partial charge in [0.1, 0.15) is 12.1 Å². The van der Waals surface area contributed by atoms with Crippen LogP contribution in [0.1, 0.15) is 59.3 Å². The molecule has 1 unspecified atom stereocenters. The van der Waals surface area contributed by atoms with Crippen LogP contribution >= 0.6 is 12.4 Å². The van der Waals surface area contributed by atoms with Crippen molar-refractivity contribution in [3.8, 4) is 0 Å². The van der Waals surface area contributed by atoms with Crippen molar-refractivity contribution in [3.05, 3.63) is 0 Å². The average Bonchev–Trinajstić information content (AvgIpc) is 3.25. The molecule has 0 aromatic carbocycles. The van der Waals surface area contributed by atoms with Crippen LogP contribution < -0.4 is 10.6 Å². The molecule has 0 bridgehead atoms. The number of nitrogens with zero attached hydrogens (tertiary/aromatic N) is 2. The fourth-order valence-electron chi connectivity index (χ4n) is 4.76. The zero-order chi connectivity index (χ0) is 19.8. The lowest BCUT2D eigenvalue weighted by Crippen LogP contribution is -2.51. The molecule has 2 N–H and O–H groups in total. The molecule has 1 saturated carbocycles. The van der Waals surface area contributed by atoms with Crippen LogP contribution in [-0.4, -0.2) is 65.9 Å². The molecule has 0 aromatic heterocycles. The Morgan fingerprint density at radius 1 is 1.25 bits per heavy atom. The molecule has 1 aliphatic carbocycles. The van der Waals surface area contributed by atoms with Crippen molar-refractivity contribution in [3.63, 3.8) is 0 Å². The molecule has 1 atom stereocenters. The number of carbonyl (C=O) groups excluding carboxylic acids is 3. The molecule has 3 aliphatic rings. The van der Waals surface area contributed by atoms with E-state index in [-0.39, 0.29) is 42.2 Å². The second kappa shape index (κ2) is 8.57. The molecule has 8 heteroatoms. The third-order valence-corrected chi connectivity index (χ3v) is 7.37. The van der Waals surface area contributed by atoms with E-state index in [0.717, 1.165) is 43.7 Å². The van der Waals surface area contributed by atoms with Gasteiger partial charge in [-0.3, -0.25) is 14.5 Å². The Kier molecular flexibility index (Phi) is 7.03. The van der Waals surface area contributed by atoms with Crippen LogP contribution in [0.25, 0.3) is 0 Å². The first-order valence-corrected chi connectivity index (χ1v) is 10.3. The van der Waals surface area contributed by atoms with E-state index in [1.165, 1.54) is 0 Å². The Bertz CT molecular complexity index is 611. The topological polar surface area (TPSA) is 81.8 Å². The van der Waals surface area contributed by atoms with Gasteiger partial charge in [-0.25, -0.2) is 4.79 Å². The van der Waals surface area contributed by atoms with Crippen LogP contribution in [0.15, 0.2) is 0 Å². The minimum absolute atomic E-state index is 0. The van der Waals surface area contributed by atoms with Crippen molar-refractivity contribution in [1.29, 1.82) is 0 Å². The smallest absolute Gasteiger partial charge is 0.325 e. The van der Waals surface area contributed by atoms with Gasteiger partial charge in [0.05, 0.1) is 0 Å². The number of halogens is 1. The Hall–Kier alpha value is -1.34. The van der Waals surface area contributed by atoms with Gasteiger partial charge in [0.2, 0.25) is 5.91 Å². The van der Waals surface area contributed by atoms with Crippen LogP contribution in [-0.2, 0) is 9.59 Å². The number of hydrogen-bond donors (Lipinski definition) is 2. The molecule has 2 heterocycles. The highest BCUT2D eigenvalue weighted by Gasteiger charge is 2.54. The number of rotatable bonds is 5. The first kappa shape index (κ1) is 22.9. The van der Waals surface area contributed by atoms with Gasteiger partial charge >= 0.3 is 6.03 Å². The number of likely N-dealkylation sites (N-methyl/N-ethyl adjacent to an activating group) is 1. The monoisotopic (exact) mass is 414 g/mol. The molecular formula is C20H35ClN4O3. The highest BCUT2D eigenvalue weighted by molar-refractivity contribution is 6.09. The summed E-state index contributed by atoms with van der Waals surface area (Å²) in [6, 6.07) is -0.279. The molecule has 7 nitrogen and oxygen atoms in total. The quantitative estimate of drug-likeness (QED) is 0.675. The SMILES string of the molecule is CCC(C)(C)C1CCC2(CC1)NC(=O)N(CC(=O)N(C)C1CCNC1)C2=O.Cl. The molecule has 3 rings (SSSR count). The van der Waals surface area contributed by atoms with Crippen LogP contribution in [0.5, 0.6) is 0 Å². The minimum atomic E-state index is -0.800. The standard InChI is InChI=1S/C20H34N4O3.ClH/c1-5-19(2,3)14-6-9-20(10-7-14)17(26)24(18(27)22-20)13-16(25)23(4)15-8-11-21-12-15;/h14-15,21H,5-13H2,1-4H3,(H,22,27);1H. The van der Waals surface area contributed by atoms with Gasteiger partial charge in [0.15, 0.2) is 0 Å². The van der Waals surface area contributed by atoms with Crippen molar-refractivity contribution in [1.82, 2.24) is 20.4 Å². The van der Waals surface area contributed by atoms with Crippen molar-refractivity contribution in [2.24, 2.45) is 11.3 Å². The molecule has 1 spiro atoms. The average molecular weight is 415 g/mol. The molecule has 3 fully saturated rings. The van der Waals surface area contributed by atoms with E-state index in [9.17, 15) is 14.4 Å². The van der Waals surface area contributed by atoms with Crippen LogP contribution in [0, 0.1) is 11.3 Å². The largest absolute Gasteiger partial charge is 0.340 e. The van der Waals surface area contributed by atoms with Crippen molar-refractivity contribution in [2.75, 3.05) is 26.7 Å². The molecule has 4 amide bonds. The second-order valence-electron chi connectivity index (χ2n) is 9.17. The highest BCUT2D eigenvalue weighted by atomic mass is 35.5. The predicted octanol–water partition coefficient (Wildman–Crippen LogP) is 2.15. The van der Waals surface area contributed by atoms with Crippen LogP contribution in [0.2, 0.25) is 0 Å². The van der Waals surface area contributed by atoms with Gasteiger partial charge in [0.25, 0.3) is 5.91 Å². The predicted molar refractivity (Wildman–Crippen MR) is 110 cm³/mol. The Morgan fingerprint density at radius 3 is 2.43 bits per heavy atom. The lowest BCUT2D eigenvalue weighted by molar-refractivity contribution is -0.140. The first-order valence-electron chi connectivity index (χ1n) is 10.3. The Balaban J connectivity index is 0.00000280. The summed E-state index contributed by atoms with van der Waals surface area (Å²) in [6.45, 7) is 8.26. The van der Waals surface area contributed by atoms with Gasteiger partial charge in [-0.2, -0.15) is 0 Å². The summed E-state index contributed by atoms with van der Waals surface area (Å²) >= 11 is 0. The summed E-state index contributed by atoms with van der Waals surface area (Å²) in [5.74, 6) is 0.172. The van der Waals surface area contributed by atoms with E-state index in [2.05, 4.69) is 31.4 Å². The minimum Gasteiger partial charge on any atom is -0.340 e. The summed E-state index contributed by atoms with van der Waals surface area (Å²) in [5.41, 5.74) is -0.549. The number of hydrogen-bond acceptors (Lipinski definition) is 4. The number of nitrogens with one attached hydrogen (secondary N) is 2. The normalized spacial score (nSPS) is 30.4. The number of imide groups is 1. The Morgan fingerprint density at radius 2 is 1.89 bits per heavy atom. The van der Waals surface area contributed by atoms with Crippen LogP contribution in [0.3, 0.4) is 0 Å². The summed E-state index contributed by atoms with van der Waals surface area (Å²) in [4.78, 5) is 40.9. The van der Waals surface area contributed by atoms with E-state index < -0.39 is 11.6 Å². The number of amides is 4. The summed E-state index contributed by atoms with van der Waals surface area (Å²) in [7, 11) is 1.76. The van der Waals surface area contributed by atoms with Crippen molar-refractivity contribution < 1.29 is 14.4 Å². The zero-order valence-corrected chi connectivity index (χ0v) is 18.4. The van der Waals surface area contributed by atoms with E-state index >= 15 is 0 Å². The van der Waals surface area contributed by atoms with Crippen molar-refractivity contribution in [2.45, 2.75) is 70.9 Å². The lowest BCUT2D eigenvalue weighted by atomic mass is 9.65. The summed E-state index contributed by atoms with van der Waals surface area (Å²) in [6.07, 6.45) is 5.21.